The number of para-hydroxylation sites is 2. The van der Waals surface area contributed by atoms with Gasteiger partial charge in [-0.25, -0.2) is 0 Å². The molecule has 0 spiro atoms. The van der Waals surface area contributed by atoms with E-state index in [4.69, 9.17) is 4.74 Å². The van der Waals surface area contributed by atoms with Crippen molar-refractivity contribution in [3.63, 3.8) is 0 Å². The van der Waals surface area contributed by atoms with Crippen LogP contribution in [0.25, 0.3) is 0 Å². The highest BCUT2D eigenvalue weighted by Crippen LogP contribution is 2.46. The molecule has 0 fully saturated rings. The van der Waals surface area contributed by atoms with E-state index in [-0.39, 0.29) is 24.0 Å². The first kappa shape index (κ1) is 18.5. The highest BCUT2D eigenvalue weighted by molar-refractivity contribution is 6.08. The monoisotopic (exact) mass is 375 g/mol. The lowest BCUT2D eigenvalue weighted by atomic mass is 9.76. The molecule has 1 heterocycles. The zero-order valence-electron chi connectivity index (χ0n) is 16.6. The minimum Gasteiger partial charge on any atom is -0.496 e. The van der Waals surface area contributed by atoms with Gasteiger partial charge in [0, 0.05) is 35.6 Å². The predicted octanol–water partition coefficient (Wildman–Crippen LogP) is 4.84. The number of nitrogens with zero attached hydrogens (tertiary/aromatic N) is 1. The first-order valence-electron chi connectivity index (χ1n) is 9.81. The van der Waals surface area contributed by atoms with E-state index in [1.807, 2.05) is 61.2 Å². The average molecular weight is 375 g/mol. The van der Waals surface area contributed by atoms with Gasteiger partial charge in [0.05, 0.1) is 12.8 Å². The largest absolute Gasteiger partial charge is 0.496 e. The van der Waals surface area contributed by atoms with E-state index in [2.05, 4.69) is 0 Å². The molecular formula is C24H25NO3. The summed E-state index contributed by atoms with van der Waals surface area (Å²) in [4.78, 5) is 28.2. The molecule has 28 heavy (non-hydrogen) atoms. The zero-order valence-corrected chi connectivity index (χ0v) is 16.6. The summed E-state index contributed by atoms with van der Waals surface area (Å²) in [6.45, 7) is 4.04. The van der Waals surface area contributed by atoms with Gasteiger partial charge in [0.2, 0.25) is 5.91 Å². The van der Waals surface area contributed by atoms with Crippen LogP contribution in [0, 0.1) is 13.8 Å². The molecule has 4 nitrogen and oxygen atoms in total. The number of amides is 1. The van der Waals surface area contributed by atoms with Crippen molar-refractivity contribution < 1.29 is 14.3 Å². The molecule has 0 saturated carbocycles. The second kappa shape index (κ2) is 7.27. The lowest BCUT2D eigenvalue weighted by Crippen LogP contribution is -2.41. The van der Waals surface area contributed by atoms with Crippen molar-refractivity contribution in [3.05, 3.63) is 70.4 Å². The number of anilines is 1. The Bertz CT molecular complexity index is 969. The molecule has 0 saturated heterocycles. The van der Waals surface area contributed by atoms with Crippen LogP contribution in [0.15, 0.2) is 53.7 Å². The third-order valence-corrected chi connectivity index (χ3v) is 5.85. The summed E-state index contributed by atoms with van der Waals surface area (Å²) in [5.41, 5.74) is 5.61. The van der Waals surface area contributed by atoms with Crippen molar-refractivity contribution in [1.82, 2.24) is 0 Å². The summed E-state index contributed by atoms with van der Waals surface area (Å²) < 4.78 is 5.54. The fraction of sp³-hybridized carbons (Fsp3) is 0.333. The molecule has 4 rings (SSSR count). The van der Waals surface area contributed by atoms with E-state index in [1.165, 1.54) is 0 Å². The van der Waals surface area contributed by atoms with Gasteiger partial charge in [0.1, 0.15) is 5.75 Å². The molecule has 1 aliphatic carbocycles. The van der Waals surface area contributed by atoms with E-state index in [1.54, 1.807) is 7.11 Å². The highest BCUT2D eigenvalue weighted by Gasteiger charge is 2.41. The topological polar surface area (TPSA) is 46.6 Å². The molecule has 1 atom stereocenters. The third-order valence-electron chi connectivity index (χ3n) is 5.85. The van der Waals surface area contributed by atoms with Gasteiger partial charge in [-0.15, -0.1) is 0 Å². The predicted molar refractivity (Wildman–Crippen MR) is 110 cm³/mol. The molecule has 4 heteroatoms. The van der Waals surface area contributed by atoms with Crippen molar-refractivity contribution in [2.45, 2.75) is 45.4 Å². The number of methoxy groups -OCH3 is 1. The second-order valence-electron chi connectivity index (χ2n) is 7.61. The van der Waals surface area contributed by atoms with Crippen LogP contribution < -0.4 is 9.64 Å². The van der Waals surface area contributed by atoms with E-state index in [9.17, 15) is 9.59 Å². The Balaban J connectivity index is 1.93. The van der Waals surface area contributed by atoms with E-state index >= 15 is 0 Å². The number of Topliss-reactive ketones (excluding diaryl/α,β-unsaturated/α-hetero) is 1. The molecule has 1 amide bonds. The fourth-order valence-corrected chi connectivity index (χ4v) is 4.63. The number of carbonyl (C=O) groups excluding carboxylic acids is 2. The Hall–Kier alpha value is -2.88. The Morgan fingerprint density at radius 2 is 1.68 bits per heavy atom. The third kappa shape index (κ3) is 2.93. The molecule has 1 aliphatic heterocycles. The molecule has 0 aromatic heterocycles. The highest BCUT2D eigenvalue weighted by atomic mass is 16.5. The van der Waals surface area contributed by atoms with Gasteiger partial charge in [-0.2, -0.15) is 0 Å². The normalized spacial score (nSPS) is 19.7. The lowest BCUT2D eigenvalue weighted by molar-refractivity contribution is -0.119. The van der Waals surface area contributed by atoms with Crippen molar-refractivity contribution in [2.75, 3.05) is 12.0 Å². The van der Waals surface area contributed by atoms with Gasteiger partial charge >= 0.3 is 0 Å². The van der Waals surface area contributed by atoms with Crippen molar-refractivity contribution in [1.29, 1.82) is 0 Å². The molecule has 1 unspecified atom stereocenters. The summed E-state index contributed by atoms with van der Waals surface area (Å²) in [5.74, 6) is 0.681. The zero-order chi connectivity index (χ0) is 19.8. The molecule has 144 valence electrons. The van der Waals surface area contributed by atoms with Crippen LogP contribution >= 0.6 is 0 Å². The van der Waals surface area contributed by atoms with Crippen molar-refractivity contribution in [2.24, 2.45) is 0 Å². The second-order valence-corrected chi connectivity index (χ2v) is 7.61. The number of hydrogen-bond donors (Lipinski definition) is 0. The Kier molecular flexibility index (Phi) is 4.80. The van der Waals surface area contributed by atoms with Gasteiger partial charge in [-0.3, -0.25) is 14.5 Å². The Labute approximate surface area is 165 Å². The minimum atomic E-state index is -0.243. The maximum Gasteiger partial charge on any atom is 0.232 e. The summed E-state index contributed by atoms with van der Waals surface area (Å²) in [7, 11) is 1.63. The average Bonchev–Trinajstić information content (AvgIpc) is 2.69. The number of ether oxygens (including phenoxy) is 1. The number of carbonyl (C=O) groups is 2. The first-order chi connectivity index (χ1) is 13.5. The minimum absolute atomic E-state index is 0.0433. The maximum absolute atomic E-state index is 13.4. The van der Waals surface area contributed by atoms with Crippen molar-refractivity contribution >= 4 is 17.4 Å². The maximum atomic E-state index is 13.4. The van der Waals surface area contributed by atoms with Crippen LogP contribution in [0.5, 0.6) is 5.75 Å². The number of ketones is 1. The van der Waals surface area contributed by atoms with Gasteiger partial charge < -0.3 is 4.74 Å². The summed E-state index contributed by atoms with van der Waals surface area (Å²) in [6.07, 6.45) is 2.34. The van der Waals surface area contributed by atoms with Crippen molar-refractivity contribution in [3.8, 4) is 5.75 Å². The molecule has 0 N–H and O–H groups in total. The SMILES string of the molecule is COc1ccccc1C1CC(=O)N(c2c(C)cccc2C)C2=C1C(=O)CCC2. The van der Waals surface area contributed by atoms with Gasteiger partial charge in [-0.1, -0.05) is 36.4 Å². The smallest absolute Gasteiger partial charge is 0.232 e. The molecule has 2 aromatic carbocycles. The summed E-state index contributed by atoms with van der Waals surface area (Å²) in [5, 5.41) is 0. The van der Waals surface area contributed by atoms with Crippen LogP contribution in [0.4, 0.5) is 5.69 Å². The number of benzene rings is 2. The number of hydrogen-bond acceptors (Lipinski definition) is 3. The summed E-state index contributed by atoms with van der Waals surface area (Å²) >= 11 is 0. The molecule has 0 radical (unpaired) electrons. The van der Waals surface area contributed by atoms with Crippen LogP contribution in [0.1, 0.15) is 48.3 Å². The van der Waals surface area contributed by atoms with Crippen LogP contribution in [-0.4, -0.2) is 18.8 Å². The quantitative estimate of drug-likeness (QED) is 0.771. The Morgan fingerprint density at radius 1 is 0.964 bits per heavy atom. The van der Waals surface area contributed by atoms with E-state index in [0.717, 1.165) is 52.2 Å². The molecule has 2 aromatic rings. The molecule has 2 aliphatic rings. The Morgan fingerprint density at radius 3 is 2.39 bits per heavy atom. The van der Waals surface area contributed by atoms with Crippen LogP contribution in [0.2, 0.25) is 0 Å². The first-order valence-corrected chi connectivity index (χ1v) is 9.81. The van der Waals surface area contributed by atoms with E-state index in [0.29, 0.717) is 6.42 Å². The number of aryl methyl sites for hydroxylation is 2. The fourth-order valence-electron chi connectivity index (χ4n) is 4.63. The van der Waals surface area contributed by atoms with Crippen LogP contribution in [0.3, 0.4) is 0 Å². The van der Waals surface area contributed by atoms with Crippen LogP contribution in [-0.2, 0) is 9.59 Å². The lowest BCUT2D eigenvalue weighted by Gasteiger charge is -2.39. The number of rotatable bonds is 3. The van der Waals surface area contributed by atoms with Gasteiger partial charge in [-0.05, 0) is 43.9 Å². The number of allylic oxidation sites excluding steroid dienone is 2. The van der Waals surface area contributed by atoms with Gasteiger partial charge in [0.15, 0.2) is 5.78 Å². The summed E-state index contributed by atoms with van der Waals surface area (Å²) in [6, 6.07) is 13.8. The molecule has 0 bridgehead atoms. The van der Waals surface area contributed by atoms with Gasteiger partial charge in [0.25, 0.3) is 0 Å². The molecular weight excluding hydrogens is 350 g/mol. The van der Waals surface area contributed by atoms with E-state index < -0.39 is 0 Å². The standard InChI is InChI=1S/C24H25NO3/c1-15-8-6-9-16(2)24(15)25-19-11-7-12-20(26)23(19)18(14-22(25)27)17-10-4-5-13-21(17)28-3/h4-6,8-10,13,18H,7,11-12,14H2,1-3H3.